The number of nitrogens with one attached hydrogen (secondary N) is 2. The van der Waals surface area contributed by atoms with Gasteiger partial charge in [-0.25, -0.2) is 4.79 Å². The van der Waals surface area contributed by atoms with Gasteiger partial charge in [0.2, 0.25) is 5.91 Å². The van der Waals surface area contributed by atoms with Gasteiger partial charge >= 0.3 is 5.97 Å². The fourth-order valence-corrected chi connectivity index (χ4v) is 1.29. The third kappa shape index (κ3) is 7.23. The van der Waals surface area contributed by atoms with Crippen molar-refractivity contribution in [1.82, 2.24) is 10.6 Å². The van der Waals surface area contributed by atoms with Crippen molar-refractivity contribution in [1.29, 1.82) is 0 Å². The molecule has 0 rings (SSSR count). The molecule has 0 aromatic heterocycles. The zero-order chi connectivity index (χ0) is 12.6. The van der Waals surface area contributed by atoms with E-state index >= 15 is 0 Å². The van der Waals surface area contributed by atoms with E-state index in [1.165, 1.54) is 0 Å². The van der Waals surface area contributed by atoms with Crippen molar-refractivity contribution >= 4 is 11.9 Å². The summed E-state index contributed by atoms with van der Waals surface area (Å²) < 4.78 is 0. The first-order chi connectivity index (χ1) is 7.47. The Morgan fingerprint density at radius 2 is 1.94 bits per heavy atom. The van der Waals surface area contributed by atoms with Crippen molar-refractivity contribution in [2.45, 2.75) is 52.1 Å². The second kappa shape index (κ2) is 8.10. The normalized spacial score (nSPS) is 12.5. The molecule has 0 aliphatic rings. The highest BCUT2D eigenvalue weighted by atomic mass is 16.4. The quantitative estimate of drug-likeness (QED) is 0.575. The average molecular weight is 230 g/mol. The van der Waals surface area contributed by atoms with Crippen LogP contribution in [-0.4, -0.2) is 35.6 Å². The third-order valence-electron chi connectivity index (χ3n) is 2.12. The fourth-order valence-electron chi connectivity index (χ4n) is 1.29. The lowest BCUT2D eigenvalue weighted by Gasteiger charge is -2.14. The van der Waals surface area contributed by atoms with Crippen molar-refractivity contribution in [3.05, 3.63) is 0 Å². The predicted molar refractivity (Wildman–Crippen MR) is 62.2 cm³/mol. The van der Waals surface area contributed by atoms with Crippen LogP contribution in [0.1, 0.15) is 40.0 Å². The molecule has 0 bridgehead atoms. The van der Waals surface area contributed by atoms with Crippen LogP contribution in [0.2, 0.25) is 0 Å². The molecule has 1 atom stereocenters. The Kier molecular flexibility index (Phi) is 7.54. The summed E-state index contributed by atoms with van der Waals surface area (Å²) in [6.07, 6.45) is 1.52. The molecule has 0 radical (unpaired) electrons. The largest absolute Gasteiger partial charge is 0.480 e. The molecule has 0 spiro atoms. The summed E-state index contributed by atoms with van der Waals surface area (Å²) in [5, 5.41) is 14.5. The Morgan fingerprint density at radius 1 is 1.31 bits per heavy atom. The Labute approximate surface area is 96.6 Å². The van der Waals surface area contributed by atoms with Gasteiger partial charge in [-0.1, -0.05) is 27.2 Å². The Balaban J connectivity index is 3.86. The average Bonchev–Trinajstić information content (AvgIpc) is 2.16. The Hall–Kier alpha value is -1.10. The summed E-state index contributed by atoms with van der Waals surface area (Å²) in [5.74, 6) is -1.18. The molecule has 3 N–H and O–H groups in total. The van der Waals surface area contributed by atoms with Gasteiger partial charge in [0.25, 0.3) is 0 Å². The standard InChI is InChI=1S/C11H22N2O3/c1-4-5-9(11(15)16)13-10(14)6-7-12-8(2)3/h8-9,12H,4-7H2,1-3H3,(H,13,14)(H,15,16). The van der Waals surface area contributed by atoms with Crippen molar-refractivity contribution in [3.63, 3.8) is 0 Å². The molecule has 0 aromatic rings. The second-order valence-electron chi connectivity index (χ2n) is 4.11. The molecule has 0 saturated heterocycles. The van der Waals surface area contributed by atoms with Crippen LogP contribution in [0.4, 0.5) is 0 Å². The number of carbonyl (C=O) groups excluding carboxylic acids is 1. The van der Waals surface area contributed by atoms with E-state index in [1.807, 2.05) is 20.8 Å². The minimum atomic E-state index is -0.966. The summed E-state index contributed by atoms with van der Waals surface area (Å²) in [6, 6.07) is -0.421. The molecule has 5 heteroatoms. The molecule has 1 unspecified atom stereocenters. The van der Waals surface area contributed by atoms with Crippen LogP contribution in [-0.2, 0) is 9.59 Å². The minimum absolute atomic E-state index is 0.214. The summed E-state index contributed by atoms with van der Waals surface area (Å²) in [7, 11) is 0. The van der Waals surface area contributed by atoms with Gasteiger partial charge in [0.1, 0.15) is 6.04 Å². The summed E-state index contributed by atoms with van der Waals surface area (Å²) >= 11 is 0. The second-order valence-corrected chi connectivity index (χ2v) is 4.11. The number of amides is 1. The maximum absolute atomic E-state index is 11.4. The Bertz CT molecular complexity index is 229. The van der Waals surface area contributed by atoms with Crippen LogP contribution in [0.3, 0.4) is 0 Å². The van der Waals surface area contributed by atoms with Crippen LogP contribution in [0.15, 0.2) is 0 Å². The summed E-state index contributed by atoms with van der Waals surface area (Å²) in [6.45, 7) is 6.45. The highest BCUT2D eigenvalue weighted by Gasteiger charge is 2.18. The van der Waals surface area contributed by atoms with Gasteiger partial charge in [0, 0.05) is 19.0 Å². The number of hydrogen-bond donors (Lipinski definition) is 3. The lowest BCUT2D eigenvalue weighted by molar-refractivity contribution is -0.142. The van der Waals surface area contributed by atoms with E-state index in [0.717, 1.165) is 6.42 Å². The first kappa shape index (κ1) is 14.9. The molecule has 0 aromatic carbocycles. The van der Waals surface area contributed by atoms with Gasteiger partial charge in [-0.3, -0.25) is 4.79 Å². The first-order valence-electron chi connectivity index (χ1n) is 5.73. The number of rotatable bonds is 8. The number of carboxylic acids is 1. The van der Waals surface area contributed by atoms with Gasteiger partial charge in [-0.05, 0) is 6.42 Å². The zero-order valence-electron chi connectivity index (χ0n) is 10.2. The lowest BCUT2D eigenvalue weighted by atomic mass is 10.1. The molecule has 0 heterocycles. The van der Waals surface area contributed by atoms with E-state index < -0.39 is 12.0 Å². The smallest absolute Gasteiger partial charge is 0.326 e. The van der Waals surface area contributed by atoms with Crippen molar-refractivity contribution < 1.29 is 14.7 Å². The predicted octanol–water partition coefficient (Wildman–Crippen LogP) is 0.744. The van der Waals surface area contributed by atoms with Crippen molar-refractivity contribution in [3.8, 4) is 0 Å². The molecule has 0 aliphatic heterocycles. The van der Waals surface area contributed by atoms with Crippen LogP contribution < -0.4 is 10.6 Å². The van der Waals surface area contributed by atoms with E-state index in [-0.39, 0.29) is 5.91 Å². The molecule has 0 aliphatic carbocycles. The summed E-state index contributed by atoms with van der Waals surface area (Å²) in [5.41, 5.74) is 0. The van der Waals surface area contributed by atoms with Gasteiger partial charge in [0.05, 0.1) is 0 Å². The monoisotopic (exact) mass is 230 g/mol. The minimum Gasteiger partial charge on any atom is -0.480 e. The van der Waals surface area contributed by atoms with E-state index in [1.54, 1.807) is 0 Å². The highest BCUT2D eigenvalue weighted by Crippen LogP contribution is 1.97. The van der Waals surface area contributed by atoms with Crippen LogP contribution >= 0.6 is 0 Å². The van der Waals surface area contributed by atoms with Crippen LogP contribution in [0, 0.1) is 0 Å². The lowest BCUT2D eigenvalue weighted by Crippen LogP contribution is -2.41. The first-order valence-corrected chi connectivity index (χ1v) is 5.73. The van der Waals surface area contributed by atoms with Gasteiger partial charge in [0.15, 0.2) is 0 Å². The van der Waals surface area contributed by atoms with E-state index in [4.69, 9.17) is 5.11 Å². The molecule has 0 fully saturated rings. The molecule has 16 heavy (non-hydrogen) atoms. The van der Waals surface area contributed by atoms with Crippen molar-refractivity contribution in [2.24, 2.45) is 0 Å². The third-order valence-corrected chi connectivity index (χ3v) is 2.12. The summed E-state index contributed by atoms with van der Waals surface area (Å²) in [4.78, 5) is 22.2. The van der Waals surface area contributed by atoms with Crippen LogP contribution in [0.25, 0.3) is 0 Å². The molecule has 94 valence electrons. The molecule has 5 nitrogen and oxygen atoms in total. The number of hydrogen-bond acceptors (Lipinski definition) is 3. The molecular weight excluding hydrogens is 208 g/mol. The molecular formula is C11H22N2O3. The number of aliphatic carboxylic acids is 1. The maximum Gasteiger partial charge on any atom is 0.326 e. The van der Waals surface area contributed by atoms with Gasteiger partial charge < -0.3 is 15.7 Å². The van der Waals surface area contributed by atoms with Gasteiger partial charge in [-0.15, -0.1) is 0 Å². The molecule has 0 saturated carbocycles. The number of carbonyl (C=O) groups is 2. The van der Waals surface area contributed by atoms with Gasteiger partial charge in [-0.2, -0.15) is 0 Å². The fraction of sp³-hybridized carbons (Fsp3) is 0.818. The zero-order valence-corrected chi connectivity index (χ0v) is 10.2. The SMILES string of the molecule is CCCC(NC(=O)CCNC(C)C)C(=O)O. The van der Waals surface area contributed by atoms with E-state index in [0.29, 0.717) is 25.4 Å². The van der Waals surface area contributed by atoms with Crippen LogP contribution in [0.5, 0.6) is 0 Å². The Morgan fingerprint density at radius 3 is 2.38 bits per heavy atom. The molecule has 1 amide bonds. The van der Waals surface area contributed by atoms with Crippen molar-refractivity contribution in [2.75, 3.05) is 6.54 Å². The number of carboxylic acid groups (broad SMARTS) is 1. The van der Waals surface area contributed by atoms with E-state index in [9.17, 15) is 9.59 Å². The highest BCUT2D eigenvalue weighted by molar-refractivity contribution is 5.83. The topological polar surface area (TPSA) is 78.4 Å². The maximum atomic E-state index is 11.4. The van der Waals surface area contributed by atoms with E-state index in [2.05, 4.69) is 10.6 Å².